The molecule has 1 aromatic carbocycles. The number of carbonyl (C=O) groups excluding carboxylic acids is 1. The SMILES string of the molecule is CCCc1noc(-c2ccnc(-n3cnc(C(=O)NCc4ccc(OC)c(OC)c4)c3)c2)n1. The second-order valence-electron chi connectivity index (χ2n) is 7.21. The van der Waals surface area contributed by atoms with Gasteiger partial charge in [-0.05, 0) is 36.2 Å². The van der Waals surface area contributed by atoms with Crippen molar-refractivity contribution in [3.8, 4) is 28.8 Å². The summed E-state index contributed by atoms with van der Waals surface area (Å²) in [7, 11) is 3.14. The molecule has 0 spiro atoms. The van der Waals surface area contributed by atoms with Gasteiger partial charge in [0.2, 0.25) is 0 Å². The third-order valence-electron chi connectivity index (χ3n) is 4.91. The van der Waals surface area contributed by atoms with Gasteiger partial charge < -0.3 is 19.3 Å². The molecule has 0 aliphatic heterocycles. The van der Waals surface area contributed by atoms with Gasteiger partial charge in [0.25, 0.3) is 11.8 Å². The molecular formula is C23H24N6O4. The van der Waals surface area contributed by atoms with Crippen LogP contribution in [0.2, 0.25) is 0 Å². The summed E-state index contributed by atoms with van der Waals surface area (Å²) in [5.74, 6) is 2.60. The van der Waals surface area contributed by atoms with Crippen LogP contribution in [0.4, 0.5) is 0 Å². The Morgan fingerprint density at radius 3 is 2.76 bits per heavy atom. The summed E-state index contributed by atoms with van der Waals surface area (Å²) in [6.45, 7) is 2.37. The fourth-order valence-electron chi connectivity index (χ4n) is 3.22. The lowest BCUT2D eigenvalue weighted by molar-refractivity contribution is 0.0946. The molecule has 33 heavy (non-hydrogen) atoms. The molecule has 0 fully saturated rings. The van der Waals surface area contributed by atoms with Crippen molar-refractivity contribution >= 4 is 5.91 Å². The molecule has 4 aromatic rings. The zero-order chi connectivity index (χ0) is 23.2. The van der Waals surface area contributed by atoms with Crippen molar-refractivity contribution in [2.24, 2.45) is 0 Å². The Morgan fingerprint density at radius 2 is 1.97 bits per heavy atom. The molecule has 0 unspecified atom stereocenters. The van der Waals surface area contributed by atoms with Crippen molar-refractivity contribution in [3.63, 3.8) is 0 Å². The van der Waals surface area contributed by atoms with Crippen LogP contribution in [0, 0.1) is 0 Å². The number of nitrogens with one attached hydrogen (secondary N) is 1. The number of aromatic nitrogens is 5. The predicted molar refractivity (Wildman–Crippen MR) is 119 cm³/mol. The number of ether oxygens (including phenoxy) is 2. The van der Waals surface area contributed by atoms with Crippen molar-refractivity contribution in [1.29, 1.82) is 0 Å². The van der Waals surface area contributed by atoms with Crippen LogP contribution in [0.5, 0.6) is 11.5 Å². The zero-order valence-corrected chi connectivity index (χ0v) is 18.6. The molecular weight excluding hydrogens is 424 g/mol. The molecule has 0 saturated carbocycles. The van der Waals surface area contributed by atoms with Gasteiger partial charge in [-0.3, -0.25) is 9.36 Å². The Morgan fingerprint density at radius 1 is 1.12 bits per heavy atom. The molecule has 0 aliphatic carbocycles. The monoisotopic (exact) mass is 448 g/mol. The first-order valence-electron chi connectivity index (χ1n) is 10.4. The largest absolute Gasteiger partial charge is 0.493 e. The van der Waals surface area contributed by atoms with Crippen molar-refractivity contribution in [2.45, 2.75) is 26.3 Å². The van der Waals surface area contributed by atoms with Crippen LogP contribution >= 0.6 is 0 Å². The van der Waals surface area contributed by atoms with Crippen LogP contribution in [-0.2, 0) is 13.0 Å². The smallest absolute Gasteiger partial charge is 0.271 e. The Hall–Kier alpha value is -4.21. The number of carbonyl (C=O) groups is 1. The van der Waals surface area contributed by atoms with Crippen molar-refractivity contribution in [3.05, 3.63) is 66.1 Å². The summed E-state index contributed by atoms with van der Waals surface area (Å²) < 4.78 is 17.5. The molecule has 0 saturated heterocycles. The number of hydrogen-bond donors (Lipinski definition) is 1. The number of rotatable bonds is 9. The summed E-state index contributed by atoms with van der Waals surface area (Å²) >= 11 is 0. The van der Waals surface area contributed by atoms with E-state index in [0.717, 1.165) is 24.0 Å². The standard InChI is InChI=1S/C23H24N6O4/c1-4-5-20-27-23(33-28-20)16-8-9-24-21(11-16)29-13-17(26-14-29)22(30)25-12-15-6-7-18(31-2)19(10-15)32-3/h6-11,13-14H,4-5,12H2,1-3H3,(H,25,30). The average molecular weight is 448 g/mol. The van der Waals surface area contributed by atoms with Crippen molar-refractivity contribution in [1.82, 2.24) is 30.0 Å². The van der Waals surface area contributed by atoms with Gasteiger partial charge in [-0.2, -0.15) is 4.98 Å². The van der Waals surface area contributed by atoms with E-state index in [9.17, 15) is 4.79 Å². The minimum atomic E-state index is -0.305. The maximum absolute atomic E-state index is 12.6. The van der Waals surface area contributed by atoms with Gasteiger partial charge in [-0.15, -0.1) is 0 Å². The number of pyridine rings is 1. The zero-order valence-electron chi connectivity index (χ0n) is 18.6. The van der Waals surface area contributed by atoms with Crippen LogP contribution in [0.3, 0.4) is 0 Å². The fraction of sp³-hybridized carbons (Fsp3) is 0.261. The first-order valence-corrected chi connectivity index (χ1v) is 10.4. The Bertz CT molecular complexity index is 1250. The number of hydrogen-bond acceptors (Lipinski definition) is 8. The minimum absolute atomic E-state index is 0.269. The average Bonchev–Trinajstić information content (AvgIpc) is 3.53. The molecule has 10 nitrogen and oxygen atoms in total. The molecule has 0 atom stereocenters. The summed E-state index contributed by atoms with van der Waals surface area (Å²) in [5.41, 5.74) is 1.88. The maximum Gasteiger partial charge on any atom is 0.271 e. The highest BCUT2D eigenvalue weighted by molar-refractivity contribution is 5.92. The molecule has 0 aliphatic rings. The van der Waals surface area contributed by atoms with Gasteiger partial charge >= 0.3 is 0 Å². The summed E-state index contributed by atoms with van der Waals surface area (Å²) in [6, 6.07) is 9.06. The van der Waals surface area contributed by atoms with E-state index in [1.807, 2.05) is 12.1 Å². The number of nitrogens with zero attached hydrogens (tertiary/aromatic N) is 5. The molecule has 10 heteroatoms. The first kappa shape index (κ1) is 22.0. The molecule has 0 radical (unpaired) electrons. The van der Waals surface area contributed by atoms with E-state index in [1.54, 1.807) is 49.4 Å². The number of amides is 1. The molecule has 170 valence electrons. The van der Waals surface area contributed by atoms with Crippen LogP contribution in [0.25, 0.3) is 17.3 Å². The number of methoxy groups -OCH3 is 2. The molecule has 1 amide bonds. The second kappa shape index (κ2) is 9.94. The summed E-state index contributed by atoms with van der Waals surface area (Å²) in [5, 5.41) is 6.84. The van der Waals surface area contributed by atoms with Crippen molar-refractivity contribution in [2.75, 3.05) is 14.2 Å². The number of benzene rings is 1. The predicted octanol–water partition coefficient (Wildman–Crippen LogP) is 3.22. The van der Waals surface area contributed by atoms with E-state index < -0.39 is 0 Å². The number of aryl methyl sites for hydroxylation is 1. The highest BCUT2D eigenvalue weighted by Gasteiger charge is 2.13. The lowest BCUT2D eigenvalue weighted by Crippen LogP contribution is -2.23. The van der Waals surface area contributed by atoms with Gasteiger partial charge in [0.1, 0.15) is 17.8 Å². The Labute approximate surface area is 190 Å². The van der Waals surface area contributed by atoms with Crippen LogP contribution < -0.4 is 14.8 Å². The second-order valence-corrected chi connectivity index (χ2v) is 7.21. The molecule has 3 heterocycles. The topological polar surface area (TPSA) is 117 Å². The third-order valence-corrected chi connectivity index (χ3v) is 4.91. The van der Waals surface area contributed by atoms with Gasteiger partial charge in [0.05, 0.1) is 14.2 Å². The highest BCUT2D eigenvalue weighted by Crippen LogP contribution is 2.27. The van der Waals surface area contributed by atoms with Gasteiger partial charge in [0, 0.05) is 30.9 Å². The fourth-order valence-corrected chi connectivity index (χ4v) is 3.22. The maximum atomic E-state index is 12.6. The van der Waals surface area contributed by atoms with E-state index in [4.69, 9.17) is 14.0 Å². The van der Waals surface area contributed by atoms with Gasteiger partial charge in [0.15, 0.2) is 17.3 Å². The third kappa shape index (κ3) is 5.00. The first-order chi connectivity index (χ1) is 16.1. The summed E-state index contributed by atoms with van der Waals surface area (Å²) in [4.78, 5) is 25.6. The van der Waals surface area contributed by atoms with Crippen LogP contribution in [-0.4, -0.2) is 44.8 Å². The normalized spacial score (nSPS) is 10.8. The summed E-state index contributed by atoms with van der Waals surface area (Å²) in [6.07, 6.45) is 6.49. The van der Waals surface area contributed by atoms with Gasteiger partial charge in [-0.25, -0.2) is 9.97 Å². The van der Waals surface area contributed by atoms with E-state index in [0.29, 0.717) is 35.6 Å². The Kier molecular flexibility index (Phi) is 6.63. The van der Waals surface area contributed by atoms with E-state index in [2.05, 4.69) is 32.3 Å². The van der Waals surface area contributed by atoms with E-state index >= 15 is 0 Å². The minimum Gasteiger partial charge on any atom is -0.493 e. The van der Waals surface area contributed by atoms with Gasteiger partial charge in [-0.1, -0.05) is 18.1 Å². The Balaban J connectivity index is 1.45. The van der Waals surface area contributed by atoms with E-state index in [-0.39, 0.29) is 11.6 Å². The van der Waals surface area contributed by atoms with Crippen LogP contribution in [0.15, 0.2) is 53.6 Å². The molecule has 4 rings (SSSR count). The van der Waals surface area contributed by atoms with E-state index in [1.165, 1.54) is 6.33 Å². The van der Waals surface area contributed by atoms with Crippen LogP contribution in [0.1, 0.15) is 35.2 Å². The molecule has 0 bridgehead atoms. The highest BCUT2D eigenvalue weighted by atomic mass is 16.5. The lowest BCUT2D eigenvalue weighted by atomic mass is 10.2. The molecule has 3 aromatic heterocycles. The lowest BCUT2D eigenvalue weighted by Gasteiger charge is -2.10. The quantitative estimate of drug-likeness (QED) is 0.415. The molecule has 1 N–H and O–H groups in total. The van der Waals surface area contributed by atoms with Crippen molar-refractivity contribution < 1.29 is 18.8 Å². The number of imidazole rings is 1.